The lowest BCUT2D eigenvalue weighted by atomic mass is 10.2. The minimum absolute atomic E-state index is 0.117. The van der Waals surface area contributed by atoms with E-state index >= 15 is 0 Å². The molecule has 24 heavy (non-hydrogen) atoms. The fourth-order valence-corrected chi connectivity index (χ4v) is 4.42. The molecular weight excluding hydrogens is 439 g/mol. The van der Waals surface area contributed by atoms with E-state index in [4.69, 9.17) is 4.42 Å². The lowest BCUT2D eigenvalue weighted by Crippen LogP contribution is -3.61. The molecule has 0 N–H and O–H groups in total. The van der Waals surface area contributed by atoms with Crippen LogP contribution in [0.2, 0.25) is 0 Å². The predicted molar refractivity (Wildman–Crippen MR) is 86.4 cm³/mol. The minimum atomic E-state index is -4.27. The van der Waals surface area contributed by atoms with Crippen LogP contribution in [0.5, 0.6) is 0 Å². The third kappa shape index (κ3) is 6.10. The summed E-state index contributed by atoms with van der Waals surface area (Å²) in [7, 11) is -4.27. The van der Waals surface area contributed by atoms with E-state index in [-0.39, 0.29) is 26.1 Å². The summed E-state index contributed by atoms with van der Waals surface area (Å²) in [6.45, 7) is 3.80. The Morgan fingerprint density at radius 3 is 2.00 bits per heavy atom. The van der Waals surface area contributed by atoms with Crippen LogP contribution in [0.25, 0.3) is 0 Å². The van der Waals surface area contributed by atoms with Gasteiger partial charge in [-0.1, -0.05) is 35.9 Å². The summed E-state index contributed by atoms with van der Waals surface area (Å²) in [4.78, 5) is -0.178. The molecule has 4 nitrogen and oxygen atoms in total. The zero-order valence-corrected chi connectivity index (χ0v) is 16.2. The van der Waals surface area contributed by atoms with Crippen molar-refractivity contribution in [2.45, 2.75) is 18.7 Å². The maximum Gasteiger partial charge on any atom is 0.400 e. The first-order chi connectivity index (χ1) is 11.3. The SMILES string of the molecule is Cc1ccc(S(=O)(=O)[O-])cc1.Cc1ccc([I+]c2ccccc2)o1. The smallest absolute Gasteiger partial charge is 0.400 e. The highest BCUT2D eigenvalue weighted by Gasteiger charge is 2.18. The molecular formula is C18H17IO4S. The highest BCUT2D eigenvalue weighted by molar-refractivity contribution is 7.85. The summed E-state index contributed by atoms with van der Waals surface area (Å²) < 4.78 is 39.2. The standard InChI is InChI=1S/C11H10IO.C7H8O3S/c1-9-7-8-11(13-9)12-10-5-3-2-4-6-10;1-6-2-4-7(5-3-6)11(8,9)10/h2-8H,1H3;2-5H,1H3,(H,8,9,10)/q+1;/p-1. The summed E-state index contributed by atoms with van der Waals surface area (Å²) in [5.74, 6) is 1.01. The highest BCUT2D eigenvalue weighted by atomic mass is 127. The molecule has 1 heterocycles. The van der Waals surface area contributed by atoms with Gasteiger partial charge in [-0.3, -0.25) is 0 Å². The van der Waals surface area contributed by atoms with Crippen molar-refractivity contribution in [3.63, 3.8) is 0 Å². The van der Waals surface area contributed by atoms with Gasteiger partial charge in [0.05, 0.1) is 4.90 Å². The van der Waals surface area contributed by atoms with Gasteiger partial charge in [-0.05, 0) is 44.2 Å². The van der Waals surface area contributed by atoms with Gasteiger partial charge in [0.1, 0.15) is 15.9 Å². The summed E-state index contributed by atoms with van der Waals surface area (Å²) in [5, 5.41) is 0. The number of benzene rings is 2. The van der Waals surface area contributed by atoms with Crippen molar-refractivity contribution in [2.24, 2.45) is 0 Å². The average molecular weight is 456 g/mol. The van der Waals surface area contributed by atoms with Gasteiger partial charge in [-0.2, -0.15) is 0 Å². The van der Waals surface area contributed by atoms with Crippen LogP contribution in [-0.2, 0) is 10.1 Å². The second kappa shape index (κ2) is 8.46. The Morgan fingerprint density at radius 1 is 0.875 bits per heavy atom. The van der Waals surface area contributed by atoms with E-state index in [0.29, 0.717) is 0 Å². The van der Waals surface area contributed by atoms with Gasteiger partial charge in [-0.15, -0.1) is 0 Å². The monoisotopic (exact) mass is 456 g/mol. The third-order valence-electron chi connectivity index (χ3n) is 2.95. The number of hydrogen-bond donors (Lipinski definition) is 0. The van der Waals surface area contributed by atoms with E-state index < -0.39 is 10.1 Å². The molecule has 3 aromatic rings. The van der Waals surface area contributed by atoms with Gasteiger partial charge >= 0.3 is 25.0 Å². The Kier molecular flexibility index (Phi) is 6.59. The van der Waals surface area contributed by atoms with Crippen molar-refractivity contribution < 1.29 is 38.6 Å². The van der Waals surface area contributed by atoms with Crippen molar-refractivity contribution in [2.75, 3.05) is 0 Å². The van der Waals surface area contributed by atoms with Crippen LogP contribution >= 0.6 is 0 Å². The molecule has 0 bridgehead atoms. The maximum absolute atomic E-state index is 10.4. The number of rotatable bonds is 3. The first-order valence-corrected chi connectivity index (χ1v) is 10.7. The molecule has 3 rings (SSSR count). The zero-order valence-electron chi connectivity index (χ0n) is 13.3. The van der Waals surface area contributed by atoms with Crippen molar-refractivity contribution in [3.8, 4) is 0 Å². The van der Waals surface area contributed by atoms with Crippen LogP contribution in [0.3, 0.4) is 0 Å². The molecule has 0 unspecified atom stereocenters. The quantitative estimate of drug-likeness (QED) is 0.428. The van der Waals surface area contributed by atoms with E-state index in [0.717, 1.165) is 15.1 Å². The summed E-state index contributed by atoms with van der Waals surface area (Å²) in [5.41, 5.74) is 0.928. The van der Waals surface area contributed by atoms with Crippen molar-refractivity contribution >= 4 is 10.1 Å². The first kappa shape index (κ1) is 18.7. The van der Waals surface area contributed by atoms with Crippen LogP contribution in [0.1, 0.15) is 11.3 Å². The number of halogens is 1. The second-order valence-electron chi connectivity index (χ2n) is 5.01. The molecule has 0 amide bonds. The lowest BCUT2D eigenvalue weighted by molar-refractivity contribution is -0.617. The highest BCUT2D eigenvalue weighted by Crippen LogP contribution is 2.08. The number of furan rings is 1. The lowest BCUT2D eigenvalue weighted by Gasteiger charge is -2.05. The van der Waals surface area contributed by atoms with Crippen molar-refractivity contribution in [3.05, 3.63) is 85.4 Å². The molecule has 0 saturated heterocycles. The van der Waals surface area contributed by atoms with Crippen molar-refractivity contribution in [1.82, 2.24) is 0 Å². The molecule has 0 saturated carbocycles. The van der Waals surface area contributed by atoms with E-state index in [1.165, 1.54) is 15.7 Å². The Morgan fingerprint density at radius 2 is 1.50 bits per heavy atom. The van der Waals surface area contributed by atoms with E-state index in [9.17, 15) is 13.0 Å². The Balaban J connectivity index is 0.000000177. The van der Waals surface area contributed by atoms with E-state index in [1.54, 1.807) is 12.1 Å². The zero-order chi connectivity index (χ0) is 17.6. The van der Waals surface area contributed by atoms with Crippen LogP contribution in [-0.4, -0.2) is 13.0 Å². The molecule has 0 aliphatic carbocycles. The van der Waals surface area contributed by atoms with Crippen LogP contribution in [0.15, 0.2) is 76.0 Å². The number of hydrogen-bond acceptors (Lipinski definition) is 4. The molecule has 0 spiro atoms. The Hall–Kier alpha value is -1.64. The number of aryl methyl sites for hydroxylation is 2. The molecule has 0 aliphatic rings. The molecule has 0 fully saturated rings. The molecule has 0 aliphatic heterocycles. The summed E-state index contributed by atoms with van der Waals surface area (Å²) in [6, 6.07) is 20.4. The van der Waals surface area contributed by atoms with Gasteiger partial charge in [0.25, 0.3) is 0 Å². The van der Waals surface area contributed by atoms with E-state index in [1.807, 2.05) is 26.0 Å². The molecule has 6 heteroatoms. The van der Waals surface area contributed by atoms with Gasteiger partial charge in [0.2, 0.25) is 0 Å². The molecule has 1 aromatic heterocycles. The molecule has 126 valence electrons. The third-order valence-corrected chi connectivity index (χ3v) is 6.26. The van der Waals surface area contributed by atoms with Crippen LogP contribution < -0.4 is 21.2 Å². The average Bonchev–Trinajstić information content (AvgIpc) is 2.93. The first-order valence-electron chi connectivity index (χ1n) is 7.13. The fourth-order valence-electron chi connectivity index (χ4n) is 1.75. The topological polar surface area (TPSA) is 70.3 Å². The van der Waals surface area contributed by atoms with Crippen molar-refractivity contribution in [1.29, 1.82) is 0 Å². The molecule has 2 aromatic carbocycles. The minimum Gasteiger partial charge on any atom is -0.744 e. The summed E-state index contributed by atoms with van der Waals surface area (Å²) >= 11 is -0.117. The largest absolute Gasteiger partial charge is 0.744 e. The van der Waals surface area contributed by atoms with E-state index in [2.05, 4.69) is 30.3 Å². The fraction of sp³-hybridized carbons (Fsp3) is 0.111. The van der Waals surface area contributed by atoms with Gasteiger partial charge < -0.3 is 8.97 Å². The Bertz CT molecular complexity index is 869. The Labute approximate surface area is 152 Å². The second-order valence-corrected chi connectivity index (χ2v) is 9.24. The van der Waals surface area contributed by atoms with Crippen LogP contribution in [0.4, 0.5) is 0 Å². The molecule has 0 radical (unpaired) electrons. The summed E-state index contributed by atoms with van der Waals surface area (Å²) in [6.07, 6.45) is 0. The molecule has 0 atom stereocenters. The maximum atomic E-state index is 10.4. The van der Waals surface area contributed by atoms with Gasteiger partial charge in [0.15, 0.2) is 3.57 Å². The normalized spacial score (nSPS) is 10.8. The van der Waals surface area contributed by atoms with Crippen LogP contribution in [0, 0.1) is 21.2 Å². The van der Waals surface area contributed by atoms with Gasteiger partial charge in [-0.25, -0.2) is 8.42 Å². The van der Waals surface area contributed by atoms with Gasteiger partial charge in [0, 0.05) is 6.07 Å². The predicted octanol–water partition coefficient (Wildman–Crippen LogP) is 0.616.